The summed E-state index contributed by atoms with van der Waals surface area (Å²) in [5.74, 6) is -0.295. The maximum Gasteiger partial charge on any atom is 0.237 e. The van der Waals surface area contributed by atoms with E-state index in [1.165, 1.54) is 0 Å². The molecule has 6 N–H and O–H groups in total. The van der Waals surface area contributed by atoms with E-state index in [1.54, 1.807) is 0 Å². The number of carbonyl (C=O) groups excluding carboxylic acids is 1. The fraction of sp³-hybridized carbons (Fsp3) is 0.500. The summed E-state index contributed by atoms with van der Waals surface area (Å²) in [6.07, 6.45) is -0.233. The number of hydrogen-bond donors (Lipinski definition) is 5. The van der Waals surface area contributed by atoms with Crippen LogP contribution in [0.1, 0.15) is 18.4 Å². The summed E-state index contributed by atoms with van der Waals surface area (Å²) in [6, 6.07) is 8.46. The van der Waals surface area contributed by atoms with E-state index >= 15 is 0 Å². The summed E-state index contributed by atoms with van der Waals surface area (Å²) in [7, 11) is 0. The number of rotatable bonds is 4. The SMILES string of the molecule is N[C@@H](Cc1ccccc1)C(=O)N[C@H]1CC[C@H](O)N[C@H]1O. The standard InChI is InChI=1S/C14H21N3O3/c15-10(8-9-4-2-1-3-5-9)13(19)16-11-6-7-12(18)17-14(11)20/h1-5,10-12,14,17-18,20H,6-8,15H2,(H,16,19)/t10-,11-,12-,14-/m0/s1. The van der Waals surface area contributed by atoms with Crippen LogP contribution in [-0.2, 0) is 11.2 Å². The Balaban J connectivity index is 1.85. The molecular formula is C14H21N3O3. The number of aliphatic hydroxyl groups excluding tert-OH is 2. The minimum atomic E-state index is -0.952. The first-order valence-corrected chi connectivity index (χ1v) is 6.78. The molecule has 1 aromatic carbocycles. The molecule has 1 aromatic rings. The van der Waals surface area contributed by atoms with E-state index in [9.17, 15) is 15.0 Å². The largest absolute Gasteiger partial charge is 0.379 e. The molecule has 0 radical (unpaired) electrons. The van der Waals surface area contributed by atoms with Crippen molar-refractivity contribution < 1.29 is 15.0 Å². The Morgan fingerprint density at radius 3 is 2.70 bits per heavy atom. The number of nitrogens with one attached hydrogen (secondary N) is 2. The minimum absolute atomic E-state index is 0.295. The zero-order valence-corrected chi connectivity index (χ0v) is 11.2. The predicted molar refractivity (Wildman–Crippen MR) is 74.4 cm³/mol. The lowest BCUT2D eigenvalue weighted by molar-refractivity contribution is -0.125. The first kappa shape index (κ1) is 14.9. The fourth-order valence-electron chi connectivity index (χ4n) is 2.29. The molecule has 0 unspecified atom stereocenters. The van der Waals surface area contributed by atoms with Gasteiger partial charge in [-0.2, -0.15) is 0 Å². The molecule has 0 bridgehead atoms. The van der Waals surface area contributed by atoms with Crippen LogP contribution in [0.4, 0.5) is 0 Å². The number of carbonyl (C=O) groups is 1. The number of hydrogen-bond acceptors (Lipinski definition) is 5. The molecule has 0 spiro atoms. The average Bonchev–Trinajstić information content (AvgIpc) is 2.43. The van der Waals surface area contributed by atoms with Gasteiger partial charge in [-0.15, -0.1) is 0 Å². The van der Waals surface area contributed by atoms with Gasteiger partial charge in [-0.3, -0.25) is 10.1 Å². The van der Waals surface area contributed by atoms with Crippen molar-refractivity contribution in [3.05, 3.63) is 35.9 Å². The van der Waals surface area contributed by atoms with Crippen molar-refractivity contribution in [3.63, 3.8) is 0 Å². The molecule has 0 aliphatic carbocycles. The van der Waals surface area contributed by atoms with E-state index in [1.807, 2.05) is 30.3 Å². The Morgan fingerprint density at radius 2 is 2.05 bits per heavy atom. The second kappa shape index (κ2) is 6.81. The molecule has 1 fully saturated rings. The quantitative estimate of drug-likeness (QED) is 0.489. The highest BCUT2D eigenvalue weighted by atomic mass is 16.3. The van der Waals surface area contributed by atoms with Crippen LogP contribution in [0.5, 0.6) is 0 Å². The molecule has 20 heavy (non-hydrogen) atoms. The van der Waals surface area contributed by atoms with Gasteiger partial charge in [-0.05, 0) is 24.8 Å². The van der Waals surface area contributed by atoms with Gasteiger partial charge in [-0.25, -0.2) is 0 Å². The minimum Gasteiger partial charge on any atom is -0.379 e. The van der Waals surface area contributed by atoms with E-state index in [0.29, 0.717) is 19.3 Å². The number of benzene rings is 1. The number of aliphatic hydroxyl groups is 2. The van der Waals surface area contributed by atoms with Gasteiger partial charge in [0.2, 0.25) is 5.91 Å². The second-order valence-corrected chi connectivity index (χ2v) is 5.12. The highest BCUT2D eigenvalue weighted by molar-refractivity contribution is 5.82. The zero-order valence-electron chi connectivity index (χ0n) is 11.2. The lowest BCUT2D eigenvalue weighted by Gasteiger charge is -2.33. The van der Waals surface area contributed by atoms with E-state index in [2.05, 4.69) is 10.6 Å². The van der Waals surface area contributed by atoms with Crippen molar-refractivity contribution in [2.24, 2.45) is 5.73 Å². The van der Waals surface area contributed by atoms with Gasteiger partial charge < -0.3 is 21.3 Å². The Morgan fingerprint density at radius 1 is 1.35 bits per heavy atom. The van der Waals surface area contributed by atoms with Gasteiger partial charge in [-0.1, -0.05) is 30.3 Å². The predicted octanol–water partition coefficient (Wildman–Crippen LogP) is -0.939. The normalized spacial score (nSPS) is 27.9. The van der Waals surface area contributed by atoms with Crippen LogP contribution in [0.3, 0.4) is 0 Å². The highest BCUT2D eigenvalue weighted by Gasteiger charge is 2.29. The van der Waals surface area contributed by atoms with Gasteiger partial charge in [0, 0.05) is 0 Å². The van der Waals surface area contributed by atoms with Gasteiger partial charge in [0.1, 0.15) is 12.5 Å². The van der Waals surface area contributed by atoms with E-state index in [0.717, 1.165) is 5.56 Å². The van der Waals surface area contributed by atoms with Crippen molar-refractivity contribution in [2.45, 2.75) is 43.8 Å². The number of nitrogens with two attached hydrogens (primary N) is 1. The molecule has 1 heterocycles. The molecule has 4 atom stereocenters. The summed E-state index contributed by atoms with van der Waals surface area (Å²) in [6.45, 7) is 0. The monoisotopic (exact) mass is 279 g/mol. The third-order valence-corrected chi connectivity index (χ3v) is 3.46. The first-order valence-electron chi connectivity index (χ1n) is 6.78. The summed E-state index contributed by atoms with van der Waals surface area (Å²) in [5, 5.41) is 24.4. The maximum absolute atomic E-state index is 12.0. The Hall–Kier alpha value is -1.47. The Kier molecular flexibility index (Phi) is 5.08. The molecule has 0 saturated carbocycles. The van der Waals surface area contributed by atoms with Crippen molar-refractivity contribution in [2.75, 3.05) is 0 Å². The van der Waals surface area contributed by atoms with Crippen molar-refractivity contribution in [1.82, 2.24) is 10.6 Å². The smallest absolute Gasteiger partial charge is 0.237 e. The van der Waals surface area contributed by atoms with Gasteiger partial charge in [0.05, 0.1) is 12.1 Å². The van der Waals surface area contributed by atoms with Crippen LogP contribution >= 0.6 is 0 Å². The molecule has 110 valence electrons. The van der Waals surface area contributed by atoms with E-state index in [-0.39, 0.29) is 5.91 Å². The van der Waals surface area contributed by atoms with Crippen molar-refractivity contribution >= 4 is 5.91 Å². The van der Waals surface area contributed by atoms with E-state index in [4.69, 9.17) is 5.73 Å². The fourth-order valence-corrected chi connectivity index (χ4v) is 2.29. The Bertz CT molecular complexity index is 441. The topological polar surface area (TPSA) is 108 Å². The molecule has 2 rings (SSSR count). The van der Waals surface area contributed by atoms with Crippen molar-refractivity contribution in [1.29, 1.82) is 0 Å². The zero-order chi connectivity index (χ0) is 14.5. The van der Waals surface area contributed by atoms with Crippen LogP contribution in [0, 0.1) is 0 Å². The summed E-state index contributed by atoms with van der Waals surface area (Å²) < 4.78 is 0. The lowest BCUT2D eigenvalue weighted by Crippen LogP contribution is -2.59. The molecule has 0 aromatic heterocycles. The molecule has 6 nitrogen and oxygen atoms in total. The van der Waals surface area contributed by atoms with Crippen LogP contribution in [-0.4, -0.2) is 40.7 Å². The molecule has 1 saturated heterocycles. The third-order valence-electron chi connectivity index (χ3n) is 3.46. The summed E-state index contributed by atoms with van der Waals surface area (Å²) >= 11 is 0. The van der Waals surface area contributed by atoms with Crippen LogP contribution in [0.2, 0.25) is 0 Å². The van der Waals surface area contributed by atoms with E-state index < -0.39 is 24.5 Å². The van der Waals surface area contributed by atoms with Crippen molar-refractivity contribution in [3.8, 4) is 0 Å². The lowest BCUT2D eigenvalue weighted by atomic mass is 10.0. The summed E-state index contributed by atoms with van der Waals surface area (Å²) in [5.41, 5.74) is 6.87. The first-order chi connectivity index (χ1) is 9.56. The number of piperidine rings is 1. The third kappa shape index (κ3) is 4.01. The molecule has 1 aliphatic heterocycles. The second-order valence-electron chi connectivity index (χ2n) is 5.12. The highest BCUT2D eigenvalue weighted by Crippen LogP contribution is 2.11. The molecular weight excluding hydrogens is 258 g/mol. The average molecular weight is 279 g/mol. The maximum atomic E-state index is 12.0. The molecule has 6 heteroatoms. The van der Waals surface area contributed by atoms with Gasteiger partial charge >= 0.3 is 0 Å². The molecule has 1 aliphatic rings. The van der Waals surface area contributed by atoms with Crippen LogP contribution < -0.4 is 16.4 Å². The van der Waals surface area contributed by atoms with Crippen LogP contribution in [0.15, 0.2) is 30.3 Å². The Labute approximate surface area is 118 Å². The van der Waals surface area contributed by atoms with Crippen LogP contribution in [0.25, 0.3) is 0 Å². The van der Waals surface area contributed by atoms with Gasteiger partial charge in [0.25, 0.3) is 0 Å². The summed E-state index contributed by atoms with van der Waals surface area (Å²) in [4.78, 5) is 12.0. The van der Waals surface area contributed by atoms with Gasteiger partial charge in [0.15, 0.2) is 0 Å². The molecule has 1 amide bonds. The number of amides is 1.